The fourth-order valence-corrected chi connectivity index (χ4v) is 6.64. The van der Waals surface area contributed by atoms with Crippen LogP contribution in [0.3, 0.4) is 0 Å². The second kappa shape index (κ2) is 9.10. The molecule has 0 spiro atoms. The van der Waals surface area contributed by atoms with Gasteiger partial charge in [0, 0.05) is 12.0 Å². The number of fused-ring (bicyclic) bond motifs is 2. The summed E-state index contributed by atoms with van der Waals surface area (Å²) in [6, 6.07) is 16.5. The molecule has 0 aliphatic carbocycles. The summed E-state index contributed by atoms with van der Waals surface area (Å²) in [7, 11) is 0. The third-order valence-electron chi connectivity index (χ3n) is 7.34. The molecule has 0 radical (unpaired) electrons. The number of Topliss-reactive ketones (excluding diaryl/α,β-unsaturated/α-hetero) is 1. The lowest BCUT2D eigenvalue weighted by molar-refractivity contribution is -0.132. The first-order chi connectivity index (χ1) is 18.2. The van der Waals surface area contributed by atoms with Crippen molar-refractivity contribution in [3.63, 3.8) is 0 Å². The van der Waals surface area contributed by atoms with Crippen LogP contribution < -0.4 is 9.64 Å². The van der Waals surface area contributed by atoms with E-state index in [1.54, 1.807) is 6.07 Å². The summed E-state index contributed by atoms with van der Waals surface area (Å²) in [5, 5.41) is 12.0. The van der Waals surface area contributed by atoms with Crippen LogP contribution in [-0.2, 0) is 22.4 Å². The molecule has 2 aliphatic rings. The molecule has 1 fully saturated rings. The van der Waals surface area contributed by atoms with E-state index in [0.717, 1.165) is 56.6 Å². The fraction of sp³-hybridized carbons (Fsp3) is 0.258. The minimum Gasteiger partial charge on any atom is -0.507 e. The molecule has 1 aromatic heterocycles. The molecule has 6 nitrogen and oxygen atoms in total. The summed E-state index contributed by atoms with van der Waals surface area (Å²) in [5.41, 5.74) is 6.34. The largest absolute Gasteiger partial charge is 0.507 e. The number of aliphatic hydroxyl groups excluding tert-OH is 1. The summed E-state index contributed by atoms with van der Waals surface area (Å²) >= 11 is 1.38. The number of aromatic nitrogens is 1. The number of hydrogen-bond acceptors (Lipinski definition) is 6. The van der Waals surface area contributed by atoms with Gasteiger partial charge >= 0.3 is 5.91 Å². The lowest BCUT2D eigenvalue weighted by Crippen LogP contribution is -2.29. The molecule has 1 saturated heterocycles. The van der Waals surface area contributed by atoms with Crippen molar-refractivity contribution >= 4 is 44.1 Å². The highest BCUT2D eigenvalue weighted by molar-refractivity contribution is 7.22. The Morgan fingerprint density at radius 1 is 1.11 bits per heavy atom. The zero-order valence-electron chi connectivity index (χ0n) is 21.7. The van der Waals surface area contributed by atoms with Gasteiger partial charge in [0.15, 0.2) is 5.13 Å². The van der Waals surface area contributed by atoms with Crippen molar-refractivity contribution < 1.29 is 19.4 Å². The van der Waals surface area contributed by atoms with E-state index in [-0.39, 0.29) is 17.4 Å². The molecule has 192 valence electrons. The maximum atomic E-state index is 13.6. The van der Waals surface area contributed by atoms with E-state index in [0.29, 0.717) is 10.7 Å². The average Bonchev–Trinajstić information content (AvgIpc) is 3.56. The number of ketones is 1. The van der Waals surface area contributed by atoms with E-state index in [4.69, 9.17) is 9.72 Å². The summed E-state index contributed by atoms with van der Waals surface area (Å²) in [5.74, 6) is -0.820. The second-order valence-corrected chi connectivity index (χ2v) is 11.2. The number of aryl methyl sites for hydroxylation is 3. The number of amides is 1. The summed E-state index contributed by atoms with van der Waals surface area (Å²) in [6.45, 7) is 8.08. The van der Waals surface area contributed by atoms with E-state index >= 15 is 0 Å². The Bertz CT molecular complexity index is 1650. The van der Waals surface area contributed by atoms with Gasteiger partial charge in [0.1, 0.15) is 17.6 Å². The molecule has 3 heterocycles. The van der Waals surface area contributed by atoms with Gasteiger partial charge in [0.05, 0.1) is 21.8 Å². The Balaban J connectivity index is 1.54. The van der Waals surface area contributed by atoms with Gasteiger partial charge in [-0.1, -0.05) is 48.6 Å². The Kier molecular flexibility index (Phi) is 5.83. The van der Waals surface area contributed by atoms with Gasteiger partial charge in [-0.2, -0.15) is 0 Å². The van der Waals surface area contributed by atoms with Crippen molar-refractivity contribution in [3.05, 3.63) is 93.6 Å². The molecule has 1 N–H and O–H groups in total. The van der Waals surface area contributed by atoms with E-state index in [1.165, 1.54) is 16.2 Å². The van der Waals surface area contributed by atoms with Crippen molar-refractivity contribution in [3.8, 4) is 5.75 Å². The minimum absolute atomic E-state index is 0.0520. The predicted octanol–water partition coefficient (Wildman–Crippen LogP) is 6.43. The van der Waals surface area contributed by atoms with Crippen LogP contribution in [-0.4, -0.2) is 27.9 Å². The zero-order valence-corrected chi connectivity index (χ0v) is 22.6. The lowest BCUT2D eigenvalue weighted by atomic mass is 9.94. The molecule has 0 bridgehead atoms. The normalized spacial score (nSPS) is 20.3. The first-order valence-electron chi connectivity index (χ1n) is 12.8. The van der Waals surface area contributed by atoms with E-state index in [1.807, 2.05) is 63.2 Å². The van der Waals surface area contributed by atoms with Crippen LogP contribution in [0.15, 0.2) is 60.2 Å². The van der Waals surface area contributed by atoms with E-state index < -0.39 is 17.7 Å². The van der Waals surface area contributed by atoms with Crippen molar-refractivity contribution in [2.24, 2.45) is 0 Å². The van der Waals surface area contributed by atoms with Gasteiger partial charge in [-0.05, 0) is 79.3 Å². The molecule has 2 aliphatic heterocycles. The molecule has 0 unspecified atom stereocenters. The third kappa shape index (κ3) is 3.89. The van der Waals surface area contributed by atoms with Crippen molar-refractivity contribution in [2.75, 3.05) is 4.90 Å². The number of ether oxygens (including phenoxy) is 1. The number of hydrogen-bond donors (Lipinski definition) is 1. The Labute approximate surface area is 225 Å². The van der Waals surface area contributed by atoms with Crippen LogP contribution in [0.4, 0.5) is 5.13 Å². The Morgan fingerprint density at radius 2 is 1.87 bits per heavy atom. The molecular formula is C31H28N2O4S. The molecule has 38 heavy (non-hydrogen) atoms. The zero-order chi connectivity index (χ0) is 26.7. The molecule has 4 aromatic rings. The number of aliphatic hydroxyl groups is 1. The molecule has 7 heteroatoms. The average molecular weight is 525 g/mol. The van der Waals surface area contributed by atoms with Crippen molar-refractivity contribution in [1.29, 1.82) is 0 Å². The van der Waals surface area contributed by atoms with Crippen LogP contribution in [0, 0.1) is 13.8 Å². The van der Waals surface area contributed by atoms with Gasteiger partial charge in [-0.25, -0.2) is 4.98 Å². The minimum atomic E-state index is -0.800. The number of carbonyl (C=O) groups is 2. The lowest BCUT2D eigenvalue weighted by Gasteiger charge is -2.23. The number of benzene rings is 3. The highest BCUT2D eigenvalue weighted by Crippen LogP contribution is 2.45. The first-order valence-corrected chi connectivity index (χ1v) is 13.6. The third-order valence-corrected chi connectivity index (χ3v) is 8.34. The smallest absolute Gasteiger partial charge is 0.301 e. The van der Waals surface area contributed by atoms with Crippen LogP contribution in [0.2, 0.25) is 0 Å². The predicted molar refractivity (Wildman–Crippen MR) is 150 cm³/mol. The number of thiazole rings is 1. The summed E-state index contributed by atoms with van der Waals surface area (Å²) in [6.07, 6.45) is 1.64. The molecule has 0 saturated carbocycles. The fourth-order valence-electron chi connectivity index (χ4n) is 5.47. The molecule has 6 rings (SSSR count). The summed E-state index contributed by atoms with van der Waals surface area (Å²) < 4.78 is 6.76. The van der Waals surface area contributed by atoms with Gasteiger partial charge in [0.2, 0.25) is 0 Å². The quantitative estimate of drug-likeness (QED) is 0.189. The monoisotopic (exact) mass is 524 g/mol. The van der Waals surface area contributed by atoms with Crippen LogP contribution in [0.1, 0.15) is 53.3 Å². The van der Waals surface area contributed by atoms with Crippen molar-refractivity contribution in [2.45, 2.75) is 52.7 Å². The molecular weight excluding hydrogens is 496 g/mol. The first kappa shape index (κ1) is 24.4. The number of nitrogens with zero attached hydrogens (tertiary/aromatic N) is 2. The van der Waals surface area contributed by atoms with Gasteiger partial charge < -0.3 is 9.84 Å². The maximum absolute atomic E-state index is 13.6. The van der Waals surface area contributed by atoms with Gasteiger partial charge in [-0.15, -0.1) is 0 Å². The maximum Gasteiger partial charge on any atom is 0.301 e. The molecule has 2 atom stereocenters. The van der Waals surface area contributed by atoms with Crippen LogP contribution >= 0.6 is 11.3 Å². The topological polar surface area (TPSA) is 79.7 Å². The Hall–Kier alpha value is -3.97. The molecule has 1 amide bonds. The van der Waals surface area contributed by atoms with E-state index in [2.05, 4.69) is 13.0 Å². The van der Waals surface area contributed by atoms with Crippen LogP contribution in [0.25, 0.3) is 16.0 Å². The second-order valence-electron chi connectivity index (χ2n) is 10.1. The number of anilines is 1. The van der Waals surface area contributed by atoms with Gasteiger partial charge in [0.25, 0.3) is 5.78 Å². The highest BCUT2D eigenvalue weighted by atomic mass is 32.1. The van der Waals surface area contributed by atoms with E-state index in [9.17, 15) is 14.7 Å². The summed E-state index contributed by atoms with van der Waals surface area (Å²) in [4.78, 5) is 33.4. The van der Waals surface area contributed by atoms with Crippen molar-refractivity contribution in [1.82, 2.24) is 4.98 Å². The van der Waals surface area contributed by atoms with Gasteiger partial charge in [-0.3, -0.25) is 14.5 Å². The highest BCUT2D eigenvalue weighted by Gasteiger charge is 2.48. The molecule has 3 aromatic carbocycles. The Morgan fingerprint density at radius 3 is 2.61 bits per heavy atom. The standard InChI is InChI=1S/C31H28N2O4S/c1-5-19-6-8-20(9-7-19)27-25(28(34)21-10-11-23-22(15-21)14-18(4)37-23)29(35)30(36)33(27)31-32-26-17(3)12-16(2)13-24(26)38-31/h6-13,15,18,27,34H,5,14H2,1-4H3/b28-25+/t18-,27-/m1/s1. The van der Waals surface area contributed by atoms with Crippen LogP contribution in [0.5, 0.6) is 5.75 Å². The SMILES string of the molecule is CCc1ccc([C@@H]2/C(=C(\O)c3ccc4c(c3)C[C@@H](C)O4)C(=O)C(=O)N2c2nc3c(C)cc(C)cc3s2)cc1. The number of rotatable bonds is 4. The number of carbonyl (C=O) groups excluding carboxylic acids is 2.